The number of nitrogens with zero attached hydrogens (tertiary/aromatic N) is 9. The molecule has 15 nitrogen and oxygen atoms in total. The Morgan fingerprint density at radius 1 is 0.367 bits per heavy atom. The Labute approximate surface area is 591 Å². The van der Waals surface area contributed by atoms with Crippen molar-refractivity contribution in [1.29, 1.82) is 0 Å². The van der Waals surface area contributed by atoms with Crippen molar-refractivity contribution in [3.63, 3.8) is 0 Å². The Bertz CT molecular complexity index is 4220. The Kier molecular flexibility index (Phi) is 23.0. The number of aromatic nitrogens is 12. The first-order valence-electron chi connectivity index (χ1n) is 35.3. The summed E-state index contributed by atoms with van der Waals surface area (Å²) in [7, 11) is 0. The van der Waals surface area contributed by atoms with E-state index in [1.165, 1.54) is 91.6 Å². The van der Waals surface area contributed by atoms with Gasteiger partial charge in [-0.3, -0.25) is 15.3 Å². The predicted molar refractivity (Wildman–Crippen MR) is 396 cm³/mol. The van der Waals surface area contributed by atoms with Gasteiger partial charge in [-0.05, 0) is 176 Å². The van der Waals surface area contributed by atoms with Crippen LogP contribution < -0.4 is 16.0 Å². The molecule has 0 aliphatic heterocycles. The Morgan fingerprint density at radius 2 is 0.704 bits per heavy atom. The van der Waals surface area contributed by atoms with E-state index in [0.29, 0.717) is 58.0 Å². The number of halogens is 3. The van der Waals surface area contributed by atoms with Crippen molar-refractivity contribution >= 4 is 34.8 Å². The van der Waals surface area contributed by atoms with Gasteiger partial charge >= 0.3 is 0 Å². The third-order valence-electron chi connectivity index (χ3n) is 20.6. The van der Waals surface area contributed by atoms with Crippen LogP contribution in [0, 0.1) is 6.92 Å². The normalized spacial score (nSPS) is 20.3. The van der Waals surface area contributed by atoms with Crippen LogP contribution in [-0.2, 0) is 0 Å². The molecule has 4 aliphatic carbocycles. The maximum atomic E-state index is 6.12. The molecule has 2 unspecified atom stereocenters. The topological polar surface area (TPSA) is 199 Å². The van der Waals surface area contributed by atoms with Gasteiger partial charge in [0, 0.05) is 138 Å². The lowest BCUT2D eigenvalue weighted by molar-refractivity contribution is 0.277. The van der Waals surface area contributed by atoms with Crippen LogP contribution in [0.25, 0.3) is 67.5 Å². The number of nitrogens with one attached hydrogen (secondary N) is 6. The molecule has 18 heteroatoms. The second-order valence-electron chi connectivity index (χ2n) is 27.1. The maximum absolute atomic E-state index is 6.12. The van der Waals surface area contributed by atoms with Crippen LogP contribution in [0.2, 0.25) is 15.1 Å². The standard InChI is InChI=1S/C28H30ClN5.C27H28ClN5.C25H30ClN5/c1-18-3-5-20(6-4-18)19(2)32-24-13-9-22(10-14-24)28-26(25-15-16-30-17-31-25)27(33-34-28)21-7-11-23(29)12-8-21;1-18(19-5-3-2-4-6-19)31-23-13-9-21(10-14-23)27-25(24-15-16-29-17-30-24)26(32-33-27)20-7-11-22(28)12-8-20;26-19-10-6-17(7-11-19)24-23(22-14-15-27-16-28-22)25(31-30-24)18-8-12-21(13-9-18)29-20-4-2-1-3-5-20/h3-8,11-12,15-17,19,22,24,32H,9-10,13-14H2,1-2H3,(H,33,34);2-8,11-12,15-18,21,23,31H,9-10,13-14H2,1H3,(H,32,33);6-7,10-11,14-16,18,20-21,29H,1-5,8-9,12-13H2,(H,30,31). The molecule has 6 heterocycles. The van der Waals surface area contributed by atoms with Crippen LogP contribution in [-0.4, -0.2) is 84.7 Å². The lowest BCUT2D eigenvalue weighted by Gasteiger charge is -2.33. The summed E-state index contributed by atoms with van der Waals surface area (Å²) < 4.78 is 0. The zero-order valence-corrected chi connectivity index (χ0v) is 58.5. The number of aryl methyl sites for hydroxylation is 1. The highest BCUT2D eigenvalue weighted by Crippen LogP contribution is 2.45. The zero-order valence-electron chi connectivity index (χ0n) is 56.2. The van der Waals surface area contributed by atoms with Crippen molar-refractivity contribution in [3.8, 4) is 67.5 Å². The summed E-state index contributed by atoms with van der Waals surface area (Å²) in [6, 6.07) is 52.1. The fraction of sp³-hybridized carbons (Fsp3) is 0.362. The summed E-state index contributed by atoms with van der Waals surface area (Å²) in [5.41, 5.74) is 19.4. The highest BCUT2D eigenvalue weighted by molar-refractivity contribution is 6.31. The fourth-order valence-electron chi connectivity index (χ4n) is 15.2. The number of H-pyrrole nitrogens is 3. The van der Waals surface area contributed by atoms with Gasteiger partial charge in [0.15, 0.2) is 0 Å². The minimum absolute atomic E-state index is 0.349. The van der Waals surface area contributed by atoms with Crippen molar-refractivity contribution in [1.82, 2.24) is 76.4 Å². The summed E-state index contributed by atoms with van der Waals surface area (Å²) in [4.78, 5) is 26.0. The van der Waals surface area contributed by atoms with Crippen LogP contribution >= 0.6 is 34.8 Å². The Morgan fingerprint density at radius 3 is 1.05 bits per heavy atom. The van der Waals surface area contributed by atoms with Crippen molar-refractivity contribution < 1.29 is 0 Å². The highest BCUT2D eigenvalue weighted by Gasteiger charge is 2.33. The first kappa shape index (κ1) is 68.3. The molecule has 4 fully saturated rings. The van der Waals surface area contributed by atoms with Gasteiger partial charge in [0.25, 0.3) is 0 Å². The summed E-state index contributed by atoms with van der Waals surface area (Å²) >= 11 is 18.4. The van der Waals surface area contributed by atoms with E-state index in [-0.39, 0.29) is 0 Å². The van der Waals surface area contributed by atoms with E-state index in [2.05, 4.69) is 137 Å². The molecule has 0 spiro atoms. The summed E-state index contributed by atoms with van der Waals surface area (Å²) in [5, 5.41) is 38.1. The summed E-state index contributed by atoms with van der Waals surface area (Å²) in [6.45, 7) is 6.64. The van der Waals surface area contributed by atoms with Gasteiger partial charge in [-0.25, -0.2) is 29.9 Å². The molecule has 6 aromatic heterocycles. The summed E-state index contributed by atoms with van der Waals surface area (Å²) in [5.74, 6) is 1.32. The van der Waals surface area contributed by atoms with Crippen LogP contribution in [0.4, 0.5) is 0 Å². The fourth-order valence-corrected chi connectivity index (χ4v) is 15.6. The molecule has 5 aromatic carbocycles. The average Bonchev–Trinajstić information content (AvgIpc) is 1.64. The first-order valence-corrected chi connectivity index (χ1v) is 36.4. The number of hydrogen-bond donors (Lipinski definition) is 6. The second-order valence-corrected chi connectivity index (χ2v) is 28.4. The maximum Gasteiger partial charge on any atom is 0.116 e. The van der Waals surface area contributed by atoms with Gasteiger partial charge in [0.05, 0.1) is 17.1 Å². The average molecular weight is 1370 g/mol. The molecule has 2 atom stereocenters. The van der Waals surface area contributed by atoms with E-state index in [9.17, 15) is 0 Å². The molecule has 11 aromatic rings. The number of benzene rings is 5. The van der Waals surface area contributed by atoms with Crippen LogP contribution in [0.5, 0.6) is 0 Å². The lowest BCUT2D eigenvalue weighted by atomic mass is 9.81. The third kappa shape index (κ3) is 17.0. The third-order valence-corrected chi connectivity index (χ3v) is 21.3. The largest absolute Gasteiger partial charge is 0.311 e. The monoisotopic (exact) mass is 1360 g/mol. The Balaban J connectivity index is 0.000000132. The van der Waals surface area contributed by atoms with E-state index in [0.717, 1.165) is 130 Å². The number of hydrogen-bond acceptors (Lipinski definition) is 12. The quantitative estimate of drug-likeness (QED) is 0.0505. The molecule has 0 bridgehead atoms. The van der Waals surface area contributed by atoms with Crippen LogP contribution in [0.3, 0.4) is 0 Å². The van der Waals surface area contributed by atoms with Crippen molar-refractivity contribution in [2.24, 2.45) is 0 Å². The van der Waals surface area contributed by atoms with Crippen LogP contribution in [0.15, 0.2) is 183 Å². The van der Waals surface area contributed by atoms with E-state index in [4.69, 9.17) is 50.1 Å². The van der Waals surface area contributed by atoms with Gasteiger partial charge in [0.1, 0.15) is 36.1 Å². The molecule has 4 aliphatic rings. The molecular formula is C80H88Cl3N15. The van der Waals surface area contributed by atoms with Gasteiger partial charge in [0.2, 0.25) is 0 Å². The van der Waals surface area contributed by atoms with Crippen molar-refractivity contribution in [3.05, 3.63) is 232 Å². The van der Waals surface area contributed by atoms with Gasteiger partial charge in [-0.2, -0.15) is 15.3 Å². The minimum Gasteiger partial charge on any atom is -0.311 e. The molecule has 98 heavy (non-hydrogen) atoms. The molecule has 0 amide bonds. The SMILES string of the molecule is CC(NC1CCC(c2[nH]nc(-c3ccc(Cl)cc3)c2-c2ccncn2)CC1)c1ccccc1.Cc1ccc(C(C)NC2CCC(c3[nH]nc(-c4ccc(Cl)cc4)c3-c3ccncn3)CC2)cc1.Clc1ccc(-c2n[nH]c(C3CCC(NC4CCCCC4)CC3)c2-c2ccncn2)cc1. The Hall–Kier alpha value is -8.28. The van der Waals surface area contributed by atoms with E-state index >= 15 is 0 Å². The molecular weight excluding hydrogens is 1280 g/mol. The second kappa shape index (κ2) is 33.1. The first-order chi connectivity index (χ1) is 48.0. The molecule has 0 saturated heterocycles. The lowest BCUT2D eigenvalue weighted by Crippen LogP contribution is -2.41. The molecule has 504 valence electrons. The van der Waals surface area contributed by atoms with Crippen molar-refractivity contribution in [2.45, 2.75) is 184 Å². The van der Waals surface area contributed by atoms with E-state index < -0.39 is 0 Å². The molecule has 15 rings (SSSR count). The number of rotatable bonds is 17. The predicted octanol–water partition coefficient (Wildman–Crippen LogP) is 19.6. The van der Waals surface area contributed by atoms with Crippen LogP contribution in [0.1, 0.15) is 187 Å². The van der Waals surface area contributed by atoms with Crippen molar-refractivity contribution in [2.75, 3.05) is 0 Å². The van der Waals surface area contributed by atoms with Gasteiger partial charge in [-0.1, -0.05) is 151 Å². The van der Waals surface area contributed by atoms with E-state index in [1.54, 1.807) is 37.6 Å². The smallest absolute Gasteiger partial charge is 0.116 e. The minimum atomic E-state index is 0.349. The molecule has 6 N–H and O–H groups in total. The zero-order chi connectivity index (χ0) is 67.2. The molecule has 0 radical (unpaired) electrons. The molecule has 4 saturated carbocycles. The van der Waals surface area contributed by atoms with Gasteiger partial charge < -0.3 is 16.0 Å². The highest BCUT2D eigenvalue weighted by atomic mass is 35.5. The van der Waals surface area contributed by atoms with Gasteiger partial charge in [-0.15, -0.1) is 0 Å². The van der Waals surface area contributed by atoms with E-state index in [1.807, 2.05) is 91.0 Å². The summed E-state index contributed by atoms with van der Waals surface area (Å²) in [6.07, 6.45) is 30.9. The number of aromatic amines is 3.